The minimum absolute atomic E-state index is 0.0441. The Kier molecular flexibility index (Phi) is 6.32. The molecule has 1 aromatic rings. The van der Waals surface area contributed by atoms with Crippen molar-refractivity contribution in [3.05, 3.63) is 35.1 Å². The van der Waals surface area contributed by atoms with Crippen molar-refractivity contribution in [2.45, 2.75) is 20.0 Å². The molecular formula is C13H17FO4. The van der Waals surface area contributed by atoms with Crippen LogP contribution < -0.4 is 0 Å². The SMILES string of the molecule is CCCOCCOCc1cc(C(=O)O)ccc1F. The summed E-state index contributed by atoms with van der Waals surface area (Å²) in [5.74, 6) is -1.54. The molecule has 0 heterocycles. The molecule has 0 bridgehead atoms. The molecule has 100 valence electrons. The van der Waals surface area contributed by atoms with E-state index in [9.17, 15) is 9.18 Å². The van der Waals surface area contributed by atoms with Crippen LogP contribution in [-0.4, -0.2) is 30.9 Å². The number of ether oxygens (including phenoxy) is 2. The van der Waals surface area contributed by atoms with Gasteiger partial charge in [-0.3, -0.25) is 0 Å². The second-order valence-corrected chi connectivity index (χ2v) is 3.78. The summed E-state index contributed by atoms with van der Waals surface area (Å²) in [6, 6.07) is 3.64. The zero-order valence-electron chi connectivity index (χ0n) is 10.3. The first-order valence-corrected chi connectivity index (χ1v) is 5.82. The van der Waals surface area contributed by atoms with Gasteiger partial charge in [-0.1, -0.05) is 6.92 Å². The Morgan fingerprint density at radius 2 is 2.00 bits per heavy atom. The number of carboxylic acid groups (broad SMARTS) is 1. The van der Waals surface area contributed by atoms with E-state index in [-0.39, 0.29) is 17.7 Å². The van der Waals surface area contributed by atoms with E-state index in [1.54, 1.807) is 0 Å². The summed E-state index contributed by atoms with van der Waals surface area (Å²) in [7, 11) is 0. The number of rotatable bonds is 8. The Balaban J connectivity index is 2.41. The summed E-state index contributed by atoms with van der Waals surface area (Å²) in [4.78, 5) is 10.7. The van der Waals surface area contributed by atoms with Gasteiger partial charge in [-0.05, 0) is 24.6 Å². The molecule has 0 atom stereocenters. The van der Waals surface area contributed by atoms with Crippen LogP contribution in [-0.2, 0) is 16.1 Å². The molecule has 0 amide bonds. The van der Waals surface area contributed by atoms with E-state index < -0.39 is 11.8 Å². The lowest BCUT2D eigenvalue weighted by Crippen LogP contribution is -2.06. The quantitative estimate of drug-likeness (QED) is 0.726. The van der Waals surface area contributed by atoms with Crippen molar-refractivity contribution < 1.29 is 23.8 Å². The van der Waals surface area contributed by atoms with Crippen molar-refractivity contribution in [2.24, 2.45) is 0 Å². The Morgan fingerprint density at radius 3 is 2.67 bits per heavy atom. The summed E-state index contributed by atoms with van der Waals surface area (Å²) >= 11 is 0. The van der Waals surface area contributed by atoms with Crippen LogP contribution in [0.3, 0.4) is 0 Å². The van der Waals surface area contributed by atoms with Gasteiger partial charge in [-0.2, -0.15) is 0 Å². The first kappa shape index (κ1) is 14.6. The van der Waals surface area contributed by atoms with Crippen LogP contribution in [0.25, 0.3) is 0 Å². The van der Waals surface area contributed by atoms with Crippen LogP contribution in [0.1, 0.15) is 29.3 Å². The van der Waals surface area contributed by atoms with Crippen LogP contribution in [0.4, 0.5) is 4.39 Å². The van der Waals surface area contributed by atoms with E-state index in [1.165, 1.54) is 12.1 Å². The predicted molar refractivity (Wildman–Crippen MR) is 64.1 cm³/mol. The molecule has 0 spiro atoms. The lowest BCUT2D eigenvalue weighted by atomic mass is 10.1. The Morgan fingerprint density at radius 1 is 1.28 bits per heavy atom. The van der Waals surface area contributed by atoms with Crippen LogP contribution in [0.5, 0.6) is 0 Å². The molecule has 0 saturated carbocycles. The highest BCUT2D eigenvalue weighted by atomic mass is 19.1. The van der Waals surface area contributed by atoms with Crippen molar-refractivity contribution in [3.63, 3.8) is 0 Å². The van der Waals surface area contributed by atoms with Gasteiger partial charge in [0, 0.05) is 12.2 Å². The lowest BCUT2D eigenvalue weighted by molar-refractivity contribution is 0.0398. The molecule has 5 heteroatoms. The van der Waals surface area contributed by atoms with Gasteiger partial charge in [0.05, 0.1) is 25.4 Å². The standard InChI is InChI=1S/C13H17FO4/c1-2-5-17-6-7-18-9-11-8-10(13(15)16)3-4-12(11)14/h3-4,8H,2,5-7,9H2,1H3,(H,15,16). The van der Waals surface area contributed by atoms with E-state index >= 15 is 0 Å². The second-order valence-electron chi connectivity index (χ2n) is 3.78. The van der Waals surface area contributed by atoms with Gasteiger partial charge in [0.2, 0.25) is 0 Å². The van der Waals surface area contributed by atoms with Gasteiger partial charge in [0.1, 0.15) is 5.82 Å². The van der Waals surface area contributed by atoms with Crippen LogP contribution in [0.2, 0.25) is 0 Å². The van der Waals surface area contributed by atoms with Gasteiger partial charge >= 0.3 is 5.97 Å². The largest absolute Gasteiger partial charge is 0.478 e. The van der Waals surface area contributed by atoms with Crippen molar-refractivity contribution in [3.8, 4) is 0 Å². The Bertz CT molecular complexity index is 393. The molecule has 18 heavy (non-hydrogen) atoms. The summed E-state index contributed by atoms with van der Waals surface area (Å²) in [6.45, 7) is 3.53. The van der Waals surface area contributed by atoms with E-state index in [4.69, 9.17) is 14.6 Å². The number of carbonyl (C=O) groups is 1. The number of halogens is 1. The third-order valence-electron chi connectivity index (χ3n) is 2.27. The molecule has 0 saturated heterocycles. The Labute approximate surface area is 105 Å². The van der Waals surface area contributed by atoms with Crippen molar-refractivity contribution >= 4 is 5.97 Å². The van der Waals surface area contributed by atoms with Gasteiger partial charge in [-0.15, -0.1) is 0 Å². The second kappa shape index (κ2) is 7.79. The third-order valence-corrected chi connectivity index (χ3v) is 2.27. The summed E-state index contributed by atoms with van der Waals surface area (Å²) in [6.07, 6.45) is 0.940. The van der Waals surface area contributed by atoms with Gasteiger partial charge in [0.25, 0.3) is 0 Å². The maximum atomic E-state index is 13.4. The fraction of sp³-hybridized carbons (Fsp3) is 0.462. The zero-order chi connectivity index (χ0) is 13.4. The molecule has 1 N–H and O–H groups in total. The molecule has 1 aromatic carbocycles. The minimum atomic E-state index is -1.08. The van der Waals surface area contributed by atoms with Crippen LogP contribution in [0.15, 0.2) is 18.2 Å². The summed E-state index contributed by atoms with van der Waals surface area (Å²) in [5, 5.41) is 8.79. The van der Waals surface area contributed by atoms with Crippen molar-refractivity contribution in [1.29, 1.82) is 0 Å². The van der Waals surface area contributed by atoms with Crippen molar-refractivity contribution in [1.82, 2.24) is 0 Å². The maximum absolute atomic E-state index is 13.4. The number of benzene rings is 1. The summed E-state index contributed by atoms with van der Waals surface area (Å²) in [5.41, 5.74) is 0.294. The molecule has 0 aliphatic rings. The molecule has 0 radical (unpaired) electrons. The monoisotopic (exact) mass is 256 g/mol. The van der Waals surface area contributed by atoms with E-state index in [0.717, 1.165) is 12.5 Å². The third kappa shape index (κ3) is 4.81. The molecule has 0 aromatic heterocycles. The molecule has 0 aliphatic heterocycles. The molecular weight excluding hydrogens is 239 g/mol. The number of hydrogen-bond acceptors (Lipinski definition) is 3. The molecule has 1 rings (SSSR count). The molecule has 0 unspecified atom stereocenters. The highest BCUT2D eigenvalue weighted by Gasteiger charge is 2.08. The van der Waals surface area contributed by atoms with E-state index in [2.05, 4.69) is 0 Å². The fourth-order valence-corrected chi connectivity index (χ4v) is 1.36. The average Bonchev–Trinajstić information content (AvgIpc) is 2.35. The van der Waals surface area contributed by atoms with E-state index in [1.807, 2.05) is 6.92 Å². The van der Waals surface area contributed by atoms with Gasteiger partial charge < -0.3 is 14.6 Å². The molecule has 0 aliphatic carbocycles. The topological polar surface area (TPSA) is 55.8 Å². The lowest BCUT2D eigenvalue weighted by Gasteiger charge is -2.07. The van der Waals surface area contributed by atoms with Gasteiger partial charge in [-0.25, -0.2) is 9.18 Å². The van der Waals surface area contributed by atoms with Crippen LogP contribution in [0, 0.1) is 5.82 Å². The number of hydrogen-bond donors (Lipinski definition) is 1. The first-order chi connectivity index (χ1) is 8.65. The van der Waals surface area contributed by atoms with Gasteiger partial charge in [0.15, 0.2) is 0 Å². The zero-order valence-corrected chi connectivity index (χ0v) is 10.3. The van der Waals surface area contributed by atoms with Crippen molar-refractivity contribution in [2.75, 3.05) is 19.8 Å². The smallest absolute Gasteiger partial charge is 0.335 e. The maximum Gasteiger partial charge on any atom is 0.335 e. The first-order valence-electron chi connectivity index (χ1n) is 5.82. The summed E-state index contributed by atoms with van der Waals surface area (Å²) < 4.78 is 23.8. The normalized spacial score (nSPS) is 10.6. The number of aromatic carboxylic acids is 1. The fourth-order valence-electron chi connectivity index (χ4n) is 1.36. The Hall–Kier alpha value is -1.46. The molecule has 4 nitrogen and oxygen atoms in total. The number of carboxylic acids is 1. The molecule has 0 fully saturated rings. The average molecular weight is 256 g/mol. The minimum Gasteiger partial charge on any atom is -0.478 e. The highest BCUT2D eigenvalue weighted by Crippen LogP contribution is 2.12. The van der Waals surface area contributed by atoms with Crippen LogP contribution >= 0.6 is 0 Å². The predicted octanol–water partition coefficient (Wildman–Crippen LogP) is 2.47. The van der Waals surface area contributed by atoms with E-state index in [0.29, 0.717) is 19.8 Å². The highest BCUT2D eigenvalue weighted by molar-refractivity contribution is 5.87.